The van der Waals surface area contributed by atoms with Crippen LogP contribution in [0.5, 0.6) is 0 Å². The number of nitrogens with zero attached hydrogens (tertiary/aromatic N) is 4. The summed E-state index contributed by atoms with van der Waals surface area (Å²) in [4.78, 5) is 51.7. The molecular weight excluding hydrogens is 342 g/mol. The summed E-state index contributed by atoms with van der Waals surface area (Å²) in [5.74, 6) is -1.41. The van der Waals surface area contributed by atoms with Gasteiger partial charge in [0.1, 0.15) is 6.54 Å². The van der Waals surface area contributed by atoms with Crippen molar-refractivity contribution in [2.75, 3.05) is 0 Å². The molecule has 0 unspecified atom stereocenters. The normalized spacial score (nSPS) is 20.2. The van der Waals surface area contributed by atoms with Crippen molar-refractivity contribution in [2.45, 2.75) is 38.3 Å². The van der Waals surface area contributed by atoms with E-state index < -0.39 is 17.2 Å². The highest BCUT2D eigenvalue weighted by Crippen LogP contribution is 2.24. The zero-order valence-corrected chi connectivity index (χ0v) is 14.6. The summed E-state index contributed by atoms with van der Waals surface area (Å²) < 4.78 is 3.67. The van der Waals surface area contributed by atoms with E-state index in [1.165, 1.54) is 29.6 Å². The molecular formula is C16H21N5O5. The van der Waals surface area contributed by atoms with Gasteiger partial charge in [-0.15, -0.1) is 0 Å². The number of hydrogen-bond donors (Lipinski definition) is 2. The molecule has 2 aromatic heterocycles. The largest absolute Gasteiger partial charge is 0.481 e. The van der Waals surface area contributed by atoms with E-state index in [1.807, 2.05) is 0 Å². The Bertz CT molecular complexity index is 977. The molecule has 2 N–H and O–H groups in total. The van der Waals surface area contributed by atoms with E-state index in [-0.39, 0.29) is 35.6 Å². The Morgan fingerprint density at radius 2 is 1.85 bits per heavy atom. The van der Waals surface area contributed by atoms with Gasteiger partial charge < -0.3 is 15.0 Å². The van der Waals surface area contributed by atoms with Gasteiger partial charge in [-0.2, -0.15) is 0 Å². The summed E-state index contributed by atoms with van der Waals surface area (Å²) in [5, 5.41) is 11.9. The highest BCUT2D eigenvalue weighted by molar-refractivity contribution is 5.79. The summed E-state index contributed by atoms with van der Waals surface area (Å²) in [6.45, 7) is -0.0944. The van der Waals surface area contributed by atoms with Crippen LogP contribution < -0.4 is 16.6 Å². The summed E-state index contributed by atoms with van der Waals surface area (Å²) >= 11 is 0. The number of nitrogens with one attached hydrogen (secondary N) is 1. The van der Waals surface area contributed by atoms with E-state index in [4.69, 9.17) is 5.11 Å². The van der Waals surface area contributed by atoms with Gasteiger partial charge in [0.2, 0.25) is 5.91 Å². The van der Waals surface area contributed by atoms with Gasteiger partial charge in [-0.1, -0.05) is 0 Å². The number of fused-ring (bicyclic) bond motifs is 1. The van der Waals surface area contributed by atoms with Crippen molar-refractivity contribution in [3.05, 3.63) is 27.2 Å². The minimum Gasteiger partial charge on any atom is -0.481 e. The topological polar surface area (TPSA) is 128 Å². The maximum Gasteiger partial charge on any atom is 0.332 e. The van der Waals surface area contributed by atoms with Crippen LogP contribution in [0, 0.1) is 5.92 Å². The van der Waals surface area contributed by atoms with Gasteiger partial charge in [0.25, 0.3) is 5.56 Å². The number of rotatable bonds is 4. The van der Waals surface area contributed by atoms with Gasteiger partial charge in [-0.25, -0.2) is 9.78 Å². The number of amides is 1. The molecule has 10 heteroatoms. The second kappa shape index (κ2) is 6.77. The van der Waals surface area contributed by atoms with E-state index >= 15 is 0 Å². The Labute approximate surface area is 148 Å². The summed E-state index contributed by atoms with van der Waals surface area (Å²) in [6.07, 6.45) is 3.67. The molecule has 1 aliphatic carbocycles. The van der Waals surface area contributed by atoms with E-state index in [2.05, 4.69) is 10.3 Å². The molecule has 0 atom stereocenters. The number of carbonyl (C=O) groups excluding carboxylic acids is 1. The maximum atomic E-state index is 12.4. The highest BCUT2D eigenvalue weighted by atomic mass is 16.4. The Morgan fingerprint density at radius 1 is 1.19 bits per heavy atom. The molecule has 1 saturated carbocycles. The van der Waals surface area contributed by atoms with Gasteiger partial charge in [0.15, 0.2) is 11.2 Å². The van der Waals surface area contributed by atoms with Gasteiger partial charge in [0.05, 0.1) is 12.2 Å². The summed E-state index contributed by atoms with van der Waals surface area (Å²) in [7, 11) is 2.89. The molecule has 1 fully saturated rings. The van der Waals surface area contributed by atoms with Crippen LogP contribution >= 0.6 is 0 Å². The van der Waals surface area contributed by atoms with Crippen molar-refractivity contribution in [1.29, 1.82) is 0 Å². The molecule has 1 aliphatic rings. The van der Waals surface area contributed by atoms with E-state index in [9.17, 15) is 19.2 Å². The lowest BCUT2D eigenvalue weighted by Crippen LogP contribution is -2.41. The average Bonchev–Trinajstić information content (AvgIpc) is 3.02. The SMILES string of the molecule is Cn1c(=O)c2c(ncn2CC(=O)NC2CCC(C(=O)O)CC2)n(C)c1=O. The van der Waals surface area contributed by atoms with Crippen LogP contribution in [-0.4, -0.2) is 41.7 Å². The fraction of sp³-hybridized carbons (Fsp3) is 0.562. The first-order valence-corrected chi connectivity index (χ1v) is 8.42. The first kappa shape index (κ1) is 17.9. The van der Waals surface area contributed by atoms with Crippen LogP contribution in [0.1, 0.15) is 25.7 Å². The Morgan fingerprint density at radius 3 is 2.46 bits per heavy atom. The fourth-order valence-electron chi connectivity index (χ4n) is 3.43. The lowest BCUT2D eigenvalue weighted by atomic mass is 9.86. The molecule has 1 amide bonds. The maximum absolute atomic E-state index is 12.4. The molecule has 2 heterocycles. The quantitative estimate of drug-likeness (QED) is 0.731. The van der Waals surface area contributed by atoms with Crippen LogP contribution in [0.15, 0.2) is 15.9 Å². The Hall–Kier alpha value is -2.91. The number of imidazole rings is 1. The third-order valence-electron chi connectivity index (χ3n) is 4.97. The predicted octanol–water partition coefficient (Wildman–Crippen LogP) is -0.807. The fourth-order valence-corrected chi connectivity index (χ4v) is 3.43. The smallest absolute Gasteiger partial charge is 0.332 e. The Kier molecular flexibility index (Phi) is 4.66. The van der Waals surface area contributed by atoms with Crippen LogP contribution in [0.3, 0.4) is 0 Å². The van der Waals surface area contributed by atoms with Crippen molar-refractivity contribution >= 4 is 23.0 Å². The van der Waals surface area contributed by atoms with Crippen molar-refractivity contribution in [3.8, 4) is 0 Å². The van der Waals surface area contributed by atoms with Crippen molar-refractivity contribution in [1.82, 2.24) is 24.0 Å². The number of hydrogen-bond acceptors (Lipinski definition) is 5. The van der Waals surface area contributed by atoms with Gasteiger partial charge in [-0.3, -0.25) is 23.5 Å². The van der Waals surface area contributed by atoms with Crippen LogP contribution in [0.25, 0.3) is 11.2 Å². The molecule has 0 radical (unpaired) electrons. The molecule has 26 heavy (non-hydrogen) atoms. The van der Waals surface area contributed by atoms with Crippen molar-refractivity contribution in [3.63, 3.8) is 0 Å². The molecule has 10 nitrogen and oxygen atoms in total. The molecule has 140 valence electrons. The van der Waals surface area contributed by atoms with Crippen LogP contribution in [-0.2, 0) is 30.2 Å². The average molecular weight is 363 g/mol. The minimum atomic E-state index is -0.791. The monoisotopic (exact) mass is 363 g/mol. The predicted molar refractivity (Wildman–Crippen MR) is 91.7 cm³/mol. The van der Waals surface area contributed by atoms with Crippen LogP contribution in [0.2, 0.25) is 0 Å². The summed E-state index contributed by atoms with van der Waals surface area (Å²) in [6, 6.07) is -0.0694. The zero-order chi connectivity index (χ0) is 19.0. The number of carboxylic acid groups (broad SMARTS) is 1. The van der Waals surface area contributed by atoms with Crippen molar-refractivity contribution < 1.29 is 14.7 Å². The summed E-state index contributed by atoms with van der Waals surface area (Å²) in [5.41, 5.74) is -0.560. The van der Waals surface area contributed by atoms with E-state index in [0.29, 0.717) is 25.7 Å². The molecule has 3 rings (SSSR count). The van der Waals surface area contributed by atoms with E-state index in [0.717, 1.165) is 4.57 Å². The second-order valence-electron chi connectivity index (χ2n) is 6.70. The Balaban J connectivity index is 1.74. The van der Waals surface area contributed by atoms with Crippen molar-refractivity contribution in [2.24, 2.45) is 20.0 Å². The van der Waals surface area contributed by atoms with Gasteiger partial charge in [0, 0.05) is 20.1 Å². The molecule has 0 spiro atoms. The molecule has 0 bridgehead atoms. The molecule has 2 aromatic rings. The number of aromatic nitrogens is 4. The number of carbonyl (C=O) groups is 2. The first-order valence-electron chi connectivity index (χ1n) is 8.42. The highest BCUT2D eigenvalue weighted by Gasteiger charge is 2.27. The number of carboxylic acids is 1. The standard InChI is InChI=1S/C16H21N5O5/c1-19-13-12(14(23)20(2)16(19)26)21(8-17-13)7-11(22)18-10-5-3-9(4-6-10)15(24)25/h8-10H,3-7H2,1-2H3,(H,18,22)(H,24,25). The third kappa shape index (κ3) is 3.14. The van der Waals surface area contributed by atoms with Crippen LogP contribution in [0.4, 0.5) is 0 Å². The second-order valence-corrected chi connectivity index (χ2v) is 6.70. The van der Waals surface area contributed by atoms with Gasteiger partial charge >= 0.3 is 11.7 Å². The minimum absolute atomic E-state index is 0.0694. The first-order chi connectivity index (χ1) is 12.3. The zero-order valence-electron chi connectivity index (χ0n) is 14.6. The number of aliphatic carboxylic acids is 1. The van der Waals surface area contributed by atoms with Gasteiger partial charge in [-0.05, 0) is 25.7 Å². The number of aryl methyl sites for hydroxylation is 1. The lowest BCUT2D eigenvalue weighted by molar-refractivity contribution is -0.142. The molecule has 0 saturated heterocycles. The third-order valence-corrected chi connectivity index (χ3v) is 4.97. The molecule has 0 aliphatic heterocycles. The molecule has 0 aromatic carbocycles. The van der Waals surface area contributed by atoms with E-state index in [1.54, 1.807) is 0 Å². The lowest BCUT2D eigenvalue weighted by Gasteiger charge is -2.26.